The van der Waals surface area contributed by atoms with Gasteiger partial charge in [-0.3, -0.25) is 9.78 Å². The summed E-state index contributed by atoms with van der Waals surface area (Å²) in [6, 6.07) is 10.7. The molecule has 3 rings (SSSR count). The van der Waals surface area contributed by atoms with Crippen LogP contribution in [0.15, 0.2) is 47.4 Å². The summed E-state index contributed by atoms with van der Waals surface area (Å²) < 4.78 is 11.6. The summed E-state index contributed by atoms with van der Waals surface area (Å²) in [5, 5.41) is 0.388. The summed E-state index contributed by atoms with van der Waals surface area (Å²) in [6.07, 6.45) is 1.73. The average Bonchev–Trinajstić information content (AvgIpc) is 2.67. The lowest BCUT2D eigenvalue weighted by Gasteiger charge is -2.17. The van der Waals surface area contributed by atoms with Crippen LogP contribution in [0.5, 0.6) is 5.75 Å². The van der Waals surface area contributed by atoms with Crippen LogP contribution in [0.25, 0.3) is 10.9 Å². The Morgan fingerprint density at radius 2 is 1.85 bits per heavy atom. The Hall–Kier alpha value is -3.15. The van der Waals surface area contributed by atoms with Gasteiger partial charge in [-0.15, -0.1) is 0 Å². The minimum atomic E-state index is -0.505. The molecule has 2 aromatic heterocycles. The van der Waals surface area contributed by atoms with Crippen molar-refractivity contribution in [3.05, 3.63) is 69.8 Å². The maximum absolute atomic E-state index is 13.0. The topological polar surface area (TPSA) is 70.4 Å². The highest BCUT2D eigenvalue weighted by Gasteiger charge is 2.16. The van der Waals surface area contributed by atoms with Crippen molar-refractivity contribution in [2.45, 2.75) is 19.9 Å². The molecule has 0 radical (unpaired) electrons. The first-order valence-corrected chi connectivity index (χ1v) is 8.21. The van der Waals surface area contributed by atoms with Gasteiger partial charge in [-0.2, -0.15) is 0 Å². The van der Waals surface area contributed by atoms with E-state index in [0.717, 1.165) is 11.3 Å². The summed E-state index contributed by atoms with van der Waals surface area (Å²) >= 11 is 0. The minimum Gasteiger partial charge on any atom is -0.497 e. The van der Waals surface area contributed by atoms with Gasteiger partial charge in [0.05, 0.1) is 42.4 Å². The number of rotatable bonds is 4. The van der Waals surface area contributed by atoms with Gasteiger partial charge >= 0.3 is 5.97 Å². The molecular formula is C20H20N2O4. The van der Waals surface area contributed by atoms with Gasteiger partial charge in [0, 0.05) is 6.20 Å². The number of hydrogen-bond acceptors (Lipinski definition) is 5. The fraction of sp³-hybridized carbons (Fsp3) is 0.250. The second kappa shape index (κ2) is 7.00. The van der Waals surface area contributed by atoms with Crippen molar-refractivity contribution in [1.82, 2.24) is 9.55 Å². The Balaban J connectivity index is 2.11. The van der Waals surface area contributed by atoms with Crippen molar-refractivity contribution < 1.29 is 14.3 Å². The number of benzene rings is 1. The number of aromatic nitrogens is 2. The number of carbonyl (C=O) groups excluding carboxylic acids is 1. The van der Waals surface area contributed by atoms with Crippen LogP contribution in [0.4, 0.5) is 0 Å². The lowest BCUT2D eigenvalue weighted by atomic mass is 10.1. The number of aryl methyl sites for hydroxylation is 1. The number of esters is 1. The number of hydrogen-bond donors (Lipinski definition) is 0. The molecule has 6 heteroatoms. The number of methoxy groups -OCH3 is 2. The summed E-state index contributed by atoms with van der Waals surface area (Å²) in [7, 11) is 2.92. The third-order valence-electron chi connectivity index (χ3n) is 4.52. The standard InChI is InChI=1S/C20H20N2O4/c1-12-16(20(24)26-4)11-17-18(21-12)9-10-22(19(17)23)13(2)14-5-7-15(25-3)8-6-14/h5-11,13H,1-4H3/t13-/m1/s1. The third kappa shape index (κ3) is 3.06. The monoisotopic (exact) mass is 352 g/mol. The van der Waals surface area contributed by atoms with Crippen molar-refractivity contribution in [2.24, 2.45) is 0 Å². The fourth-order valence-electron chi connectivity index (χ4n) is 2.94. The van der Waals surface area contributed by atoms with E-state index in [1.165, 1.54) is 7.11 Å². The van der Waals surface area contributed by atoms with Crippen LogP contribution in [0, 0.1) is 6.92 Å². The summed E-state index contributed by atoms with van der Waals surface area (Å²) in [5.74, 6) is 0.254. The van der Waals surface area contributed by atoms with E-state index in [1.807, 2.05) is 31.2 Å². The van der Waals surface area contributed by atoms with E-state index in [4.69, 9.17) is 9.47 Å². The summed E-state index contributed by atoms with van der Waals surface area (Å²) in [4.78, 5) is 29.3. The molecule has 0 N–H and O–H groups in total. The largest absolute Gasteiger partial charge is 0.497 e. The zero-order valence-electron chi connectivity index (χ0n) is 15.1. The maximum Gasteiger partial charge on any atom is 0.339 e. The lowest BCUT2D eigenvalue weighted by molar-refractivity contribution is 0.0599. The minimum absolute atomic E-state index is 0.180. The summed E-state index contributed by atoms with van der Waals surface area (Å²) in [5.41, 5.74) is 2.15. The van der Waals surface area contributed by atoms with E-state index in [9.17, 15) is 9.59 Å². The smallest absolute Gasteiger partial charge is 0.339 e. The van der Waals surface area contributed by atoms with Crippen molar-refractivity contribution in [3.63, 3.8) is 0 Å². The van der Waals surface area contributed by atoms with Crippen molar-refractivity contribution in [1.29, 1.82) is 0 Å². The van der Waals surface area contributed by atoms with Crippen LogP contribution >= 0.6 is 0 Å². The number of ether oxygens (including phenoxy) is 2. The quantitative estimate of drug-likeness (QED) is 0.675. The van der Waals surface area contributed by atoms with E-state index in [1.54, 1.807) is 36.9 Å². The Bertz CT molecular complexity index is 1020. The normalized spacial score (nSPS) is 12.0. The molecule has 134 valence electrons. The van der Waals surface area contributed by atoms with E-state index < -0.39 is 5.97 Å². The number of nitrogens with zero attached hydrogens (tertiary/aromatic N) is 2. The van der Waals surface area contributed by atoms with Gasteiger partial charge in [0.1, 0.15) is 5.75 Å². The SMILES string of the molecule is COC(=O)c1cc2c(=O)n([C@H](C)c3ccc(OC)cc3)ccc2nc1C. The zero-order chi connectivity index (χ0) is 18.8. The molecule has 0 bridgehead atoms. The molecular weight excluding hydrogens is 332 g/mol. The molecule has 0 fully saturated rings. The third-order valence-corrected chi connectivity index (χ3v) is 4.52. The molecule has 0 aliphatic carbocycles. The first-order valence-electron chi connectivity index (χ1n) is 8.21. The molecule has 0 spiro atoms. The molecule has 6 nitrogen and oxygen atoms in total. The molecule has 1 atom stereocenters. The van der Waals surface area contributed by atoms with Crippen LogP contribution in [0.3, 0.4) is 0 Å². The highest BCUT2D eigenvalue weighted by Crippen LogP contribution is 2.21. The predicted octanol–water partition coefficient (Wildman–Crippen LogP) is 3.11. The van der Waals surface area contributed by atoms with E-state index in [-0.39, 0.29) is 11.6 Å². The Labute approximate surface area is 151 Å². The van der Waals surface area contributed by atoms with Gasteiger partial charge in [-0.1, -0.05) is 12.1 Å². The van der Waals surface area contributed by atoms with Gasteiger partial charge in [0.2, 0.25) is 0 Å². The molecule has 0 aliphatic rings. The van der Waals surface area contributed by atoms with Crippen molar-refractivity contribution in [3.8, 4) is 5.75 Å². The fourth-order valence-corrected chi connectivity index (χ4v) is 2.94. The first kappa shape index (κ1) is 17.7. The first-order chi connectivity index (χ1) is 12.5. The molecule has 0 unspecified atom stereocenters. The van der Waals surface area contributed by atoms with E-state index in [2.05, 4.69) is 4.98 Å². The maximum atomic E-state index is 13.0. The highest BCUT2D eigenvalue weighted by molar-refractivity contribution is 5.94. The molecule has 26 heavy (non-hydrogen) atoms. The Morgan fingerprint density at radius 1 is 1.15 bits per heavy atom. The van der Waals surface area contributed by atoms with Crippen LogP contribution in [-0.2, 0) is 4.74 Å². The second-order valence-corrected chi connectivity index (χ2v) is 6.02. The molecule has 0 saturated carbocycles. The van der Waals surface area contributed by atoms with Gasteiger partial charge in [-0.25, -0.2) is 4.79 Å². The lowest BCUT2D eigenvalue weighted by Crippen LogP contribution is -2.24. The van der Waals surface area contributed by atoms with Crippen molar-refractivity contribution in [2.75, 3.05) is 14.2 Å². The van der Waals surface area contributed by atoms with Crippen LogP contribution in [0.2, 0.25) is 0 Å². The molecule has 0 amide bonds. The molecule has 3 aromatic rings. The Morgan fingerprint density at radius 3 is 2.46 bits per heavy atom. The van der Waals surface area contributed by atoms with E-state index in [0.29, 0.717) is 22.2 Å². The average molecular weight is 352 g/mol. The van der Waals surface area contributed by atoms with Gasteiger partial charge in [0.15, 0.2) is 0 Å². The highest BCUT2D eigenvalue weighted by atomic mass is 16.5. The van der Waals surface area contributed by atoms with Gasteiger partial charge in [-0.05, 0) is 43.7 Å². The summed E-state index contributed by atoms with van der Waals surface area (Å²) in [6.45, 7) is 3.66. The predicted molar refractivity (Wildman–Crippen MR) is 98.9 cm³/mol. The van der Waals surface area contributed by atoms with Crippen LogP contribution in [0.1, 0.15) is 34.6 Å². The molecule has 0 aliphatic heterocycles. The molecule has 2 heterocycles. The van der Waals surface area contributed by atoms with Crippen LogP contribution < -0.4 is 10.3 Å². The number of carbonyl (C=O) groups is 1. The van der Waals surface area contributed by atoms with Gasteiger partial charge in [0.25, 0.3) is 5.56 Å². The Kier molecular flexibility index (Phi) is 4.75. The number of fused-ring (bicyclic) bond motifs is 1. The van der Waals surface area contributed by atoms with Crippen molar-refractivity contribution >= 4 is 16.9 Å². The number of pyridine rings is 2. The van der Waals surface area contributed by atoms with E-state index >= 15 is 0 Å². The molecule has 1 aromatic carbocycles. The van der Waals surface area contributed by atoms with Gasteiger partial charge < -0.3 is 14.0 Å². The zero-order valence-corrected chi connectivity index (χ0v) is 15.1. The molecule has 0 saturated heterocycles. The second-order valence-electron chi connectivity index (χ2n) is 6.02. The van der Waals surface area contributed by atoms with Crippen LogP contribution in [-0.4, -0.2) is 29.7 Å².